The first-order chi connectivity index (χ1) is 9.29. The molecule has 106 valence electrons. The average molecular weight is 375 g/mol. The van der Waals surface area contributed by atoms with E-state index in [1.54, 1.807) is 19.1 Å². The molecule has 4 nitrogen and oxygen atoms in total. The van der Waals surface area contributed by atoms with Gasteiger partial charge in [0, 0.05) is 4.88 Å². The fourth-order valence-corrected chi connectivity index (χ4v) is 4.91. The summed E-state index contributed by atoms with van der Waals surface area (Å²) in [5, 5.41) is 9.05. The van der Waals surface area contributed by atoms with Crippen molar-refractivity contribution in [2.45, 2.75) is 17.6 Å². The van der Waals surface area contributed by atoms with Crippen LogP contribution in [0.2, 0.25) is 0 Å². The van der Waals surface area contributed by atoms with Gasteiger partial charge in [0.2, 0.25) is 0 Å². The summed E-state index contributed by atoms with van der Waals surface area (Å²) in [4.78, 5) is 11.8. The van der Waals surface area contributed by atoms with Crippen molar-refractivity contribution < 1.29 is 18.3 Å². The number of benzene rings is 1. The van der Waals surface area contributed by atoms with E-state index in [1.165, 1.54) is 29.5 Å². The van der Waals surface area contributed by atoms with Crippen molar-refractivity contribution in [2.24, 2.45) is 0 Å². The third kappa shape index (κ3) is 3.28. The molecule has 20 heavy (non-hydrogen) atoms. The topological polar surface area (TPSA) is 71.4 Å². The van der Waals surface area contributed by atoms with Gasteiger partial charge in [0.25, 0.3) is 0 Å². The molecule has 7 heteroatoms. The Morgan fingerprint density at radius 3 is 2.55 bits per heavy atom. The van der Waals surface area contributed by atoms with Crippen molar-refractivity contribution in [3.8, 4) is 0 Å². The van der Waals surface area contributed by atoms with E-state index in [2.05, 4.69) is 15.9 Å². The number of carbonyl (C=O) groups is 1. The predicted octanol–water partition coefficient (Wildman–Crippen LogP) is 3.49. The Balaban J connectivity index is 2.39. The Kier molecular flexibility index (Phi) is 4.31. The highest BCUT2D eigenvalue weighted by Gasteiger charge is 2.19. The first-order valence-electron chi connectivity index (χ1n) is 5.60. The van der Waals surface area contributed by atoms with Crippen LogP contribution in [0.5, 0.6) is 0 Å². The van der Waals surface area contributed by atoms with Crippen LogP contribution in [-0.2, 0) is 15.6 Å². The van der Waals surface area contributed by atoms with Gasteiger partial charge in [-0.15, -0.1) is 11.3 Å². The zero-order chi connectivity index (χ0) is 14.9. The van der Waals surface area contributed by atoms with Gasteiger partial charge in [-0.2, -0.15) is 0 Å². The Bertz CT molecular complexity index is 762. The van der Waals surface area contributed by atoms with Gasteiger partial charge in [0.05, 0.1) is 20.0 Å². The third-order valence-corrected chi connectivity index (χ3v) is 6.23. The van der Waals surface area contributed by atoms with Crippen LogP contribution >= 0.6 is 27.3 Å². The predicted molar refractivity (Wildman–Crippen MR) is 81.0 cm³/mol. The van der Waals surface area contributed by atoms with E-state index in [4.69, 9.17) is 5.11 Å². The second-order valence-electron chi connectivity index (χ2n) is 4.25. The van der Waals surface area contributed by atoms with Gasteiger partial charge in [-0.1, -0.05) is 6.07 Å². The number of halogens is 1. The lowest BCUT2D eigenvalue weighted by atomic mass is 10.1. The highest BCUT2D eigenvalue weighted by Crippen LogP contribution is 2.26. The van der Waals surface area contributed by atoms with E-state index in [1.807, 2.05) is 0 Å². The quantitative estimate of drug-likeness (QED) is 0.888. The molecule has 0 aliphatic rings. The number of hydrogen-bond acceptors (Lipinski definition) is 4. The third-order valence-electron chi connectivity index (χ3n) is 2.76. The Morgan fingerprint density at radius 1 is 1.30 bits per heavy atom. The second-order valence-corrected chi connectivity index (χ2v) is 8.78. The highest BCUT2D eigenvalue weighted by molar-refractivity contribution is 9.11. The minimum Gasteiger partial charge on any atom is -0.478 e. The summed E-state index contributed by atoms with van der Waals surface area (Å²) in [7, 11) is -3.55. The molecule has 0 amide bonds. The molecule has 0 unspecified atom stereocenters. The van der Waals surface area contributed by atoms with Gasteiger partial charge < -0.3 is 5.11 Å². The zero-order valence-corrected chi connectivity index (χ0v) is 13.7. The fourth-order valence-electron chi connectivity index (χ4n) is 1.72. The average Bonchev–Trinajstić information content (AvgIpc) is 2.73. The second kappa shape index (κ2) is 5.67. The minimum absolute atomic E-state index is 0.0124. The maximum absolute atomic E-state index is 12.3. The number of rotatable bonds is 4. The summed E-state index contributed by atoms with van der Waals surface area (Å²) in [6.45, 7) is 1.64. The molecule has 2 rings (SSSR count). The number of thiophene rings is 1. The van der Waals surface area contributed by atoms with E-state index < -0.39 is 15.8 Å². The number of sulfone groups is 1. The lowest BCUT2D eigenvalue weighted by Gasteiger charge is -2.06. The number of carboxylic acids is 1. The van der Waals surface area contributed by atoms with Crippen LogP contribution in [0.4, 0.5) is 0 Å². The molecule has 0 aliphatic heterocycles. The minimum atomic E-state index is -3.55. The maximum Gasteiger partial charge on any atom is 0.335 e. The van der Waals surface area contributed by atoms with Crippen LogP contribution in [0.3, 0.4) is 0 Å². The summed E-state index contributed by atoms with van der Waals surface area (Å²) in [5.41, 5.74) is 0.550. The van der Waals surface area contributed by atoms with Gasteiger partial charge in [-0.3, -0.25) is 0 Å². The van der Waals surface area contributed by atoms with E-state index in [0.29, 0.717) is 10.4 Å². The lowest BCUT2D eigenvalue weighted by Crippen LogP contribution is -2.07. The molecule has 0 saturated carbocycles. The van der Waals surface area contributed by atoms with Crippen LogP contribution in [0.1, 0.15) is 20.8 Å². The molecule has 2 aromatic rings. The van der Waals surface area contributed by atoms with E-state index in [0.717, 1.165) is 3.79 Å². The number of hydrogen-bond donors (Lipinski definition) is 1. The van der Waals surface area contributed by atoms with Gasteiger partial charge in [-0.05, 0) is 52.7 Å². The number of carboxylic acid groups (broad SMARTS) is 1. The molecule has 0 radical (unpaired) electrons. The highest BCUT2D eigenvalue weighted by atomic mass is 79.9. The van der Waals surface area contributed by atoms with Gasteiger partial charge in [0.15, 0.2) is 9.84 Å². The number of aromatic carboxylic acids is 1. The van der Waals surface area contributed by atoms with Crippen LogP contribution in [0.25, 0.3) is 0 Å². The molecule has 0 fully saturated rings. The smallest absolute Gasteiger partial charge is 0.335 e. The molecule has 1 N–H and O–H groups in total. The summed E-state index contributed by atoms with van der Waals surface area (Å²) in [6, 6.07) is 7.70. The zero-order valence-electron chi connectivity index (χ0n) is 10.5. The molecule has 0 saturated heterocycles. The molecular weight excluding hydrogens is 364 g/mol. The molecule has 0 atom stereocenters. The standard InChI is InChI=1S/C13H11BrO4S2/c1-8-2-4-10(6-11(8)13(15)16)20(17,18)7-9-3-5-12(14)19-9/h2-6H,7H2,1H3,(H,15,16). The summed E-state index contributed by atoms with van der Waals surface area (Å²) in [5.74, 6) is -1.26. The molecular formula is C13H11BrO4S2. The fraction of sp³-hybridized carbons (Fsp3) is 0.154. The van der Waals surface area contributed by atoms with Crippen molar-refractivity contribution in [1.29, 1.82) is 0 Å². The maximum atomic E-state index is 12.3. The molecule has 0 aliphatic carbocycles. The normalized spacial score (nSPS) is 11.5. The molecule has 1 heterocycles. The van der Waals surface area contributed by atoms with Gasteiger partial charge in [0.1, 0.15) is 0 Å². The summed E-state index contributed by atoms with van der Waals surface area (Å²) in [6.07, 6.45) is 0. The monoisotopic (exact) mass is 374 g/mol. The number of aryl methyl sites for hydroxylation is 1. The molecule has 0 bridgehead atoms. The summed E-state index contributed by atoms with van der Waals surface area (Å²) < 4.78 is 25.4. The van der Waals surface area contributed by atoms with Crippen LogP contribution in [0.15, 0.2) is 39.0 Å². The van der Waals surface area contributed by atoms with E-state index in [-0.39, 0.29) is 16.2 Å². The first-order valence-corrected chi connectivity index (χ1v) is 8.87. The van der Waals surface area contributed by atoms with Crippen molar-refractivity contribution in [3.63, 3.8) is 0 Å². The van der Waals surface area contributed by atoms with Gasteiger partial charge in [-0.25, -0.2) is 13.2 Å². The summed E-state index contributed by atoms with van der Waals surface area (Å²) >= 11 is 4.63. The Labute approximate surface area is 129 Å². The van der Waals surface area contributed by atoms with E-state index >= 15 is 0 Å². The largest absolute Gasteiger partial charge is 0.478 e. The molecule has 1 aromatic carbocycles. The van der Waals surface area contributed by atoms with Crippen molar-refractivity contribution in [2.75, 3.05) is 0 Å². The van der Waals surface area contributed by atoms with Gasteiger partial charge >= 0.3 is 5.97 Å². The van der Waals surface area contributed by atoms with Crippen molar-refractivity contribution >= 4 is 43.1 Å². The van der Waals surface area contributed by atoms with Crippen molar-refractivity contribution in [1.82, 2.24) is 0 Å². The molecule has 0 spiro atoms. The first kappa shape index (κ1) is 15.2. The Morgan fingerprint density at radius 2 is 2.00 bits per heavy atom. The molecule has 1 aromatic heterocycles. The van der Waals surface area contributed by atoms with Crippen molar-refractivity contribution in [3.05, 3.63) is 50.1 Å². The Hall–Kier alpha value is -1.18. The SMILES string of the molecule is Cc1ccc(S(=O)(=O)Cc2ccc(Br)s2)cc1C(=O)O. The van der Waals surface area contributed by atoms with E-state index in [9.17, 15) is 13.2 Å². The van der Waals surface area contributed by atoms with Crippen LogP contribution in [-0.4, -0.2) is 19.5 Å². The lowest BCUT2D eigenvalue weighted by molar-refractivity contribution is 0.0696. The van der Waals surface area contributed by atoms with Crippen LogP contribution < -0.4 is 0 Å². The van der Waals surface area contributed by atoms with Crippen LogP contribution in [0, 0.1) is 6.92 Å².